The van der Waals surface area contributed by atoms with Gasteiger partial charge in [-0.2, -0.15) is 0 Å². The second-order valence-electron chi connectivity index (χ2n) is 4.46. The molecule has 0 aliphatic carbocycles. The fourth-order valence-corrected chi connectivity index (χ4v) is 2.01. The highest BCUT2D eigenvalue weighted by atomic mass is 79.9. The summed E-state index contributed by atoms with van der Waals surface area (Å²) in [5.74, 6) is 0.779. The van der Waals surface area contributed by atoms with Crippen LogP contribution in [0.2, 0.25) is 0 Å². The van der Waals surface area contributed by atoms with Gasteiger partial charge in [0.15, 0.2) is 0 Å². The third-order valence-corrected chi connectivity index (χ3v) is 3.45. The quantitative estimate of drug-likeness (QED) is 0.718. The molecule has 1 rings (SSSR count). The Morgan fingerprint density at radius 2 is 2.11 bits per heavy atom. The monoisotopic (exact) mass is 331 g/mol. The number of hydrogen-bond acceptors (Lipinski definition) is 4. The maximum atomic E-state index is 9.54. The van der Waals surface area contributed by atoms with Gasteiger partial charge in [-0.05, 0) is 35.8 Å². The largest absolute Gasteiger partial charge is 0.487 e. The second-order valence-corrected chi connectivity index (χ2v) is 5.32. The molecule has 0 spiro atoms. The maximum absolute atomic E-state index is 9.54. The zero-order chi connectivity index (χ0) is 14.3. The van der Waals surface area contributed by atoms with Gasteiger partial charge in [0.05, 0.1) is 17.2 Å². The highest BCUT2D eigenvalue weighted by Gasteiger charge is 2.15. The lowest BCUT2D eigenvalue weighted by Gasteiger charge is -2.21. The molecule has 2 atom stereocenters. The summed E-state index contributed by atoms with van der Waals surface area (Å²) < 4.78 is 11.7. The van der Waals surface area contributed by atoms with Crippen molar-refractivity contribution in [3.8, 4) is 5.75 Å². The molecular formula is C14H22BrNO3. The summed E-state index contributed by atoms with van der Waals surface area (Å²) in [4.78, 5) is 0. The summed E-state index contributed by atoms with van der Waals surface area (Å²) in [5.41, 5.74) is 1.05. The van der Waals surface area contributed by atoms with Crippen LogP contribution in [0.5, 0.6) is 5.75 Å². The zero-order valence-electron chi connectivity index (χ0n) is 11.6. The Bertz CT molecular complexity index is 385. The van der Waals surface area contributed by atoms with E-state index >= 15 is 0 Å². The average Bonchev–Trinajstić information content (AvgIpc) is 2.38. The Morgan fingerprint density at radius 1 is 1.37 bits per heavy atom. The van der Waals surface area contributed by atoms with E-state index in [0.29, 0.717) is 13.2 Å². The van der Waals surface area contributed by atoms with Crippen LogP contribution in [0.3, 0.4) is 0 Å². The van der Waals surface area contributed by atoms with Crippen LogP contribution >= 0.6 is 15.9 Å². The summed E-state index contributed by atoms with van der Waals surface area (Å²) in [7, 11) is 1.68. The van der Waals surface area contributed by atoms with Crippen LogP contribution in [0, 0.1) is 0 Å². The molecule has 0 saturated heterocycles. The Hall–Kier alpha value is -0.620. The first kappa shape index (κ1) is 16.4. The number of aliphatic hydroxyl groups excluding tert-OH is 1. The van der Waals surface area contributed by atoms with Crippen molar-refractivity contribution in [1.82, 2.24) is 5.32 Å². The molecule has 0 saturated carbocycles. The van der Waals surface area contributed by atoms with E-state index in [-0.39, 0.29) is 6.10 Å². The minimum atomic E-state index is -0.513. The van der Waals surface area contributed by atoms with E-state index in [0.717, 1.165) is 22.3 Å². The first-order valence-electron chi connectivity index (χ1n) is 6.38. The molecule has 4 nitrogen and oxygen atoms in total. The maximum Gasteiger partial charge on any atom is 0.138 e. The molecule has 2 N–H and O–H groups in total. The van der Waals surface area contributed by atoms with E-state index in [1.807, 2.05) is 25.1 Å². The van der Waals surface area contributed by atoms with E-state index < -0.39 is 6.10 Å². The van der Waals surface area contributed by atoms with Crippen molar-refractivity contribution >= 4 is 15.9 Å². The summed E-state index contributed by atoms with van der Waals surface area (Å²) >= 11 is 3.49. The van der Waals surface area contributed by atoms with Crippen LogP contribution in [0.15, 0.2) is 22.7 Å². The predicted octanol–water partition coefficient (Wildman–Crippen LogP) is 2.33. The number of aliphatic hydroxyl groups is 1. The standard InChI is InChI=1S/C14H22BrNO3/c1-10(17)11(2)19-14-12(5-4-6-13(14)15)9-16-7-8-18-3/h4-6,10-11,16-17H,7-9H2,1-3H3. The number of benzene rings is 1. The Labute approximate surface area is 123 Å². The van der Waals surface area contributed by atoms with E-state index in [2.05, 4.69) is 21.2 Å². The lowest BCUT2D eigenvalue weighted by Crippen LogP contribution is -2.27. The first-order valence-corrected chi connectivity index (χ1v) is 7.17. The molecule has 1 aromatic carbocycles. The molecule has 0 amide bonds. The van der Waals surface area contributed by atoms with Crippen LogP contribution in [-0.4, -0.2) is 37.6 Å². The van der Waals surface area contributed by atoms with Crippen LogP contribution < -0.4 is 10.1 Å². The summed E-state index contributed by atoms with van der Waals surface area (Å²) in [5, 5.41) is 12.8. The van der Waals surface area contributed by atoms with Gasteiger partial charge >= 0.3 is 0 Å². The molecule has 1 aromatic rings. The lowest BCUT2D eigenvalue weighted by molar-refractivity contribution is 0.0592. The number of ether oxygens (including phenoxy) is 2. The molecule has 0 bridgehead atoms. The molecular weight excluding hydrogens is 310 g/mol. The highest BCUT2D eigenvalue weighted by molar-refractivity contribution is 9.10. The van der Waals surface area contributed by atoms with Crippen molar-refractivity contribution in [2.75, 3.05) is 20.3 Å². The second kappa shape index (κ2) is 8.53. The van der Waals surface area contributed by atoms with Gasteiger partial charge < -0.3 is 19.9 Å². The van der Waals surface area contributed by atoms with Crippen LogP contribution in [0.4, 0.5) is 0 Å². The van der Waals surface area contributed by atoms with E-state index in [1.54, 1.807) is 14.0 Å². The molecule has 5 heteroatoms. The smallest absolute Gasteiger partial charge is 0.138 e. The minimum Gasteiger partial charge on any atom is -0.487 e. The van der Waals surface area contributed by atoms with Gasteiger partial charge in [0.25, 0.3) is 0 Å². The Kier molecular flexibility index (Phi) is 7.38. The van der Waals surface area contributed by atoms with Crippen LogP contribution in [-0.2, 0) is 11.3 Å². The van der Waals surface area contributed by atoms with Gasteiger partial charge in [0.2, 0.25) is 0 Å². The Morgan fingerprint density at radius 3 is 2.74 bits per heavy atom. The van der Waals surface area contributed by atoms with Crippen molar-refractivity contribution in [3.63, 3.8) is 0 Å². The first-order chi connectivity index (χ1) is 9.06. The molecule has 2 unspecified atom stereocenters. The number of methoxy groups -OCH3 is 1. The van der Waals surface area contributed by atoms with Gasteiger partial charge in [-0.3, -0.25) is 0 Å². The number of rotatable bonds is 8. The minimum absolute atomic E-state index is 0.253. The molecule has 19 heavy (non-hydrogen) atoms. The number of para-hydroxylation sites is 1. The molecule has 0 radical (unpaired) electrons. The molecule has 0 aliphatic rings. The fraction of sp³-hybridized carbons (Fsp3) is 0.571. The highest BCUT2D eigenvalue weighted by Crippen LogP contribution is 2.30. The predicted molar refractivity (Wildman–Crippen MR) is 79.5 cm³/mol. The molecule has 0 aliphatic heterocycles. The number of halogens is 1. The summed E-state index contributed by atoms with van der Waals surface area (Å²) in [6, 6.07) is 5.91. The third kappa shape index (κ3) is 5.48. The topological polar surface area (TPSA) is 50.7 Å². The van der Waals surface area contributed by atoms with E-state index in [4.69, 9.17) is 9.47 Å². The van der Waals surface area contributed by atoms with Crippen molar-refractivity contribution in [1.29, 1.82) is 0 Å². The third-order valence-electron chi connectivity index (χ3n) is 2.83. The van der Waals surface area contributed by atoms with E-state index in [9.17, 15) is 5.11 Å². The van der Waals surface area contributed by atoms with Gasteiger partial charge in [0.1, 0.15) is 11.9 Å². The molecule has 0 aromatic heterocycles. The van der Waals surface area contributed by atoms with Crippen LogP contribution in [0.25, 0.3) is 0 Å². The normalized spacial score (nSPS) is 14.2. The van der Waals surface area contributed by atoms with Crippen molar-refractivity contribution in [2.45, 2.75) is 32.6 Å². The van der Waals surface area contributed by atoms with Crippen LogP contribution in [0.1, 0.15) is 19.4 Å². The number of hydrogen-bond donors (Lipinski definition) is 2. The summed E-state index contributed by atoms with van der Waals surface area (Å²) in [6.07, 6.45) is -0.766. The lowest BCUT2D eigenvalue weighted by atomic mass is 10.2. The average molecular weight is 332 g/mol. The van der Waals surface area contributed by atoms with Gasteiger partial charge in [-0.15, -0.1) is 0 Å². The van der Waals surface area contributed by atoms with Crippen molar-refractivity contribution in [3.05, 3.63) is 28.2 Å². The Balaban J connectivity index is 2.71. The zero-order valence-corrected chi connectivity index (χ0v) is 13.2. The summed E-state index contributed by atoms with van der Waals surface area (Å²) in [6.45, 7) is 5.73. The molecule has 0 heterocycles. The van der Waals surface area contributed by atoms with Crippen molar-refractivity contribution in [2.24, 2.45) is 0 Å². The SMILES string of the molecule is COCCNCc1cccc(Br)c1OC(C)C(C)O. The van der Waals surface area contributed by atoms with Gasteiger partial charge in [-0.1, -0.05) is 12.1 Å². The van der Waals surface area contributed by atoms with Gasteiger partial charge in [0, 0.05) is 25.8 Å². The van der Waals surface area contributed by atoms with E-state index in [1.165, 1.54) is 0 Å². The van der Waals surface area contributed by atoms with Crippen molar-refractivity contribution < 1.29 is 14.6 Å². The number of nitrogens with one attached hydrogen (secondary N) is 1. The molecule has 108 valence electrons. The molecule has 0 fully saturated rings. The van der Waals surface area contributed by atoms with Gasteiger partial charge in [-0.25, -0.2) is 0 Å². The fourth-order valence-electron chi connectivity index (χ4n) is 1.51.